The molecule has 0 spiro atoms. The number of benzene rings is 2. The number of fused-ring (bicyclic) bond motifs is 2. The summed E-state index contributed by atoms with van der Waals surface area (Å²) in [6.07, 6.45) is 0. The fraction of sp³-hybridized carbons (Fsp3) is 0. The van der Waals surface area contributed by atoms with Crippen LogP contribution in [-0.2, 0) is 0 Å². The van der Waals surface area contributed by atoms with Crippen LogP contribution in [-0.4, -0.2) is 4.98 Å². The molecule has 1 aromatic heterocycles. The highest BCUT2D eigenvalue weighted by molar-refractivity contribution is 6.05. The molecule has 71 valence electrons. The first kappa shape index (κ1) is 8.24. The molecular formula is C13H9N2. The molecule has 3 aromatic rings. The minimum atomic E-state index is 0.760. The fourth-order valence-corrected chi connectivity index (χ4v) is 1.80. The average Bonchev–Trinajstić information content (AvgIpc) is 2.30. The van der Waals surface area contributed by atoms with E-state index < -0.39 is 0 Å². The topological polar surface area (TPSA) is 38.9 Å². The Hall–Kier alpha value is -2.09. The third-order valence-corrected chi connectivity index (χ3v) is 2.54. The third-order valence-electron chi connectivity index (χ3n) is 2.54. The molecular weight excluding hydrogens is 184 g/mol. The van der Waals surface area contributed by atoms with Gasteiger partial charge in [0.25, 0.3) is 0 Å². The molecule has 0 saturated carbocycles. The lowest BCUT2D eigenvalue weighted by atomic mass is 10.1. The molecule has 0 saturated heterocycles. The van der Waals surface area contributed by atoms with E-state index >= 15 is 0 Å². The van der Waals surface area contributed by atoms with Crippen molar-refractivity contribution < 1.29 is 0 Å². The molecule has 0 aliphatic heterocycles. The zero-order chi connectivity index (χ0) is 10.3. The van der Waals surface area contributed by atoms with E-state index in [4.69, 9.17) is 5.73 Å². The van der Waals surface area contributed by atoms with Crippen molar-refractivity contribution in [1.29, 1.82) is 0 Å². The van der Waals surface area contributed by atoms with Gasteiger partial charge in [0.05, 0.1) is 16.7 Å². The fourth-order valence-electron chi connectivity index (χ4n) is 1.80. The highest BCUT2D eigenvalue weighted by Crippen LogP contribution is 2.26. The maximum atomic E-state index is 6.08. The summed E-state index contributed by atoms with van der Waals surface area (Å²) in [5.41, 5.74) is 8.67. The molecule has 2 nitrogen and oxygen atoms in total. The van der Waals surface area contributed by atoms with Crippen molar-refractivity contribution in [1.82, 2.24) is 4.98 Å². The van der Waals surface area contributed by atoms with Crippen molar-refractivity contribution >= 4 is 27.5 Å². The van der Waals surface area contributed by atoms with E-state index in [9.17, 15) is 0 Å². The Morgan fingerprint density at radius 1 is 1.00 bits per heavy atom. The van der Waals surface area contributed by atoms with Gasteiger partial charge in [0, 0.05) is 10.8 Å². The molecule has 0 fully saturated rings. The molecule has 2 N–H and O–H groups in total. The molecule has 2 heteroatoms. The summed E-state index contributed by atoms with van der Waals surface area (Å²) >= 11 is 0. The maximum Gasteiger partial charge on any atom is 0.0736 e. The molecule has 1 radical (unpaired) electrons. The number of nitrogens with two attached hydrogens (primary N) is 1. The van der Waals surface area contributed by atoms with Crippen LogP contribution >= 0.6 is 0 Å². The molecule has 0 bridgehead atoms. The minimum Gasteiger partial charge on any atom is -0.398 e. The number of pyridine rings is 1. The Bertz CT molecular complexity index is 590. The van der Waals surface area contributed by atoms with Gasteiger partial charge in [-0.2, -0.15) is 0 Å². The quantitative estimate of drug-likeness (QED) is 0.557. The third kappa shape index (κ3) is 1.15. The Kier molecular flexibility index (Phi) is 1.62. The van der Waals surface area contributed by atoms with Crippen LogP contribution in [0.3, 0.4) is 0 Å². The summed E-state index contributed by atoms with van der Waals surface area (Å²) in [7, 11) is 0. The summed E-state index contributed by atoms with van der Waals surface area (Å²) in [5.74, 6) is 0. The number of hydrogen-bond acceptors (Lipinski definition) is 2. The standard InChI is InChI=1S/C13H9N2/c14-13-9-5-1-3-7-11(9)15-12-8-4-2-6-10(12)13/h1-5,7-8H,(H2,14,15). The molecule has 1 heterocycles. The molecule has 0 aliphatic carbocycles. The van der Waals surface area contributed by atoms with Crippen LogP contribution in [0.2, 0.25) is 0 Å². The molecule has 0 amide bonds. The first-order valence-corrected chi connectivity index (χ1v) is 4.81. The second-order valence-electron chi connectivity index (χ2n) is 3.47. The van der Waals surface area contributed by atoms with E-state index in [1.165, 1.54) is 0 Å². The Labute approximate surface area is 87.4 Å². The average molecular weight is 193 g/mol. The van der Waals surface area contributed by atoms with Crippen molar-refractivity contribution in [2.75, 3.05) is 5.73 Å². The van der Waals surface area contributed by atoms with Gasteiger partial charge in [-0.1, -0.05) is 30.3 Å². The highest BCUT2D eigenvalue weighted by atomic mass is 14.7. The summed E-state index contributed by atoms with van der Waals surface area (Å²) in [6, 6.07) is 16.7. The summed E-state index contributed by atoms with van der Waals surface area (Å²) in [4.78, 5) is 4.53. The van der Waals surface area contributed by atoms with Crippen LogP contribution in [0.25, 0.3) is 21.8 Å². The van der Waals surface area contributed by atoms with Crippen molar-refractivity contribution in [3.8, 4) is 0 Å². The molecule has 0 atom stereocenters. The smallest absolute Gasteiger partial charge is 0.0736 e. The SMILES string of the molecule is Nc1c2[c]cccc2nc2ccccc12. The zero-order valence-corrected chi connectivity index (χ0v) is 8.07. The van der Waals surface area contributed by atoms with E-state index in [1.807, 2.05) is 42.5 Å². The number of para-hydroxylation sites is 1. The van der Waals surface area contributed by atoms with Crippen LogP contribution in [0.4, 0.5) is 5.69 Å². The number of nitrogens with zero attached hydrogens (tertiary/aromatic N) is 1. The number of nitrogen functional groups attached to an aromatic ring is 1. The molecule has 0 unspecified atom stereocenters. The lowest BCUT2D eigenvalue weighted by Crippen LogP contribution is -1.92. The van der Waals surface area contributed by atoms with Gasteiger partial charge >= 0.3 is 0 Å². The van der Waals surface area contributed by atoms with Crippen molar-refractivity contribution in [2.45, 2.75) is 0 Å². The molecule has 0 aliphatic rings. The Balaban J connectivity index is 2.60. The van der Waals surface area contributed by atoms with Crippen LogP contribution in [0, 0.1) is 6.07 Å². The second kappa shape index (κ2) is 2.95. The van der Waals surface area contributed by atoms with Gasteiger partial charge in [-0.25, -0.2) is 4.98 Å². The predicted molar refractivity (Wildman–Crippen MR) is 62.5 cm³/mol. The molecule has 2 aromatic carbocycles. The molecule has 15 heavy (non-hydrogen) atoms. The van der Waals surface area contributed by atoms with E-state index in [1.54, 1.807) is 0 Å². The second-order valence-corrected chi connectivity index (χ2v) is 3.47. The van der Waals surface area contributed by atoms with E-state index in [0.717, 1.165) is 27.5 Å². The van der Waals surface area contributed by atoms with Crippen LogP contribution in [0.5, 0.6) is 0 Å². The minimum absolute atomic E-state index is 0.760. The normalized spacial score (nSPS) is 10.9. The van der Waals surface area contributed by atoms with Crippen LogP contribution < -0.4 is 5.73 Å². The predicted octanol–water partition coefficient (Wildman–Crippen LogP) is 2.77. The monoisotopic (exact) mass is 193 g/mol. The number of rotatable bonds is 0. The number of hydrogen-bond donors (Lipinski definition) is 1. The van der Waals surface area contributed by atoms with Gasteiger partial charge in [-0.15, -0.1) is 0 Å². The van der Waals surface area contributed by atoms with Gasteiger partial charge in [0.15, 0.2) is 0 Å². The van der Waals surface area contributed by atoms with Gasteiger partial charge in [0.1, 0.15) is 0 Å². The Morgan fingerprint density at radius 3 is 2.73 bits per heavy atom. The number of anilines is 1. The van der Waals surface area contributed by atoms with Crippen molar-refractivity contribution in [2.24, 2.45) is 0 Å². The largest absolute Gasteiger partial charge is 0.398 e. The zero-order valence-electron chi connectivity index (χ0n) is 8.07. The van der Waals surface area contributed by atoms with Crippen LogP contribution in [0.15, 0.2) is 42.5 Å². The maximum absolute atomic E-state index is 6.08. The lowest BCUT2D eigenvalue weighted by Gasteiger charge is -2.05. The van der Waals surface area contributed by atoms with E-state index in [0.29, 0.717) is 0 Å². The number of aromatic nitrogens is 1. The van der Waals surface area contributed by atoms with Gasteiger partial charge < -0.3 is 5.73 Å². The highest BCUT2D eigenvalue weighted by Gasteiger charge is 2.04. The van der Waals surface area contributed by atoms with Gasteiger partial charge in [-0.3, -0.25) is 0 Å². The molecule has 3 rings (SSSR count). The van der Waals surface area contributed by atoms with E-state index in [-0.39, 0.29) is 0 Å². The van der Waals surface area contributed by atoms with E-state index in [2.05, 4.69) is 11.1 Å². The summed E-state index contributed by atoms with van der Waals surface area (Å²) in [6.45, 7) is 0. The summed E-state index contributed by atoms with van der Waals surface area (Å²) < 4.78 is 0. The van der Waals surface area contributed by atoms with Crippen molar-refractivity contribution in [3.63, 3.8) is 0 Å². The van der Waals surface area contributed by atoms with Crippen LogP contribution in [0.1, 0.15) is 0 Å². The summed E-state index contributed by atoms with van der Waals surface area (Å²) in [5, 5.41) is 1.89. The Morgan fingerprint density at radius 2 is 1.80 bits per heavy atom. The lowest BCUT2D eigenvalue weighted by molar-refractivity contribution is 1.50. The first-order valence-electron chi connectivity index (χ1n) is 4.81. The van der Waals surface area contributed by atoms with Crippen molar-refractivity contribution in [3.05, 3.63) is 48.5 Å². The van der Waals surface area contributed by atoms with Gasteiger partial charge in [-0.05, 0) is 18.2 Å². The first-order chi connectivity index (χ1) is 7.36. The van der Waals surface area contributed by atoms with Gasteiger partial charge in [0.2, 0.25) is 0 Å².